The first-order chi connectivity index (χ1) is 14.3. The van der Waals surface area contributed by atoms with E-state index in [0.717, 1.165) is 16.0 Å². The fourth-order valence-corrected chi connectivity index (χ4v) is 4.07. The van der Waals surface area contributed by atoms with E-state index in [1.165, 1.54) is 18.2 Å². The number of anilines is 1. The minimum atomic E-state index is -3.03. The first-order valence-corrected chi connectivity index (χ1v) is 9.45. The topological polar surface area (TPSA) is 87.7 Å². The Kier molecular flexibility index (Phi) is 5.07. The lowest BCUT2D eigenvalue weighted by molar-refractivity contribution is -0.134. The molecule has 2 N–H and O–H groups in total. The van der Waals surface area contributed by atoms with Crippen molar-refractivity contribution >= 4 is 35.1 Å². The molecule has 1 spiro atoms. The van der Waals surface area contributed by atoms with Crippen molar-refractivity contribution in [3.05, 3.63) is 58.6 Å². The summed E-state index contributed by atoms with van der Waals surface area (Å²) in [7, 11) is 0. The van der Waals surface area contributed by atoms with Gasteiger partial charge in [0.25, 0.3) is 5.91 Å². The largest absolute Gasteiger partial charge is 0.433 e. The predicted octanol–water partition coefficient (Wildman–Crippen LogP) is 3.27. The molecular weight excluding hydrogens is 420 g/mol. The lowest BCUT2D eigenvalue weighted by Gasteiger charge is -2.22. The van der Waals surface area contributed by atoms with Crippen LogP contribution in [0.25, 0.3) is 0 Å². The summed E-state index contributed by atoms with van der Waals surface area (Å²) in [6, 6.07) is 10.5. The van der Waals surface area contributed by atoms with Crippen LogP contribution in [0.15, 0.2) is 42.5 Å². The molecule has 1 heterocycles. The van der Waals surface area contributed by atoms with Crippen molar-refractivity contribution in [2.45, 2.75) is 25.0 Å². The highest BCUT2D eigenvalue weighted by Gasteiger charge is 2.55. The zero-order valence-electron chi connectivity index (χ0n) is 15.5. The van der Waals surface area contributed by atoms with Crippen LogP contribution in [0, 0.1) is 0 Å². The normalized spacial score (nSPS) is 19.9. The molecule has 0 unspecified atom stereocenters. The quantitative estimate of drug-likeness (QED) is 0.706. The van der Waals surface area contributed by atoms with Crippen LogP contribution in [0.4, 0.5) is 19.3 Å². The van der Waals surface area contributed by atoms with E-state index >= 15 is 0 Å². The van der Waals surface area contributed by atoms with Crippen LogP contribution in [0.5, 0.6) is 5.75 Å². The molecule has 156 valence electrons. The summed E-state index contributed by atoms with van der Waals surface area (Å²) < 4.78 is 28.8. The van der Waals surface area contributed by atoms with Gasteiger partial charge in [0.15, 0.2) is 0 Å². The molecule has 0 radical (unpaired) electrons. The van der Waals surface area contributed by atoms with Crippen LogP contribution in [0.1, 0.15) is 17.5 Å². The molecule has 2 aromatic rings. The molecule has 2 aliphatic rings. The van der Waals surface area contributed by atoms with Crippen molar-refractivity contribution in [3.8, 4) is 5.75 Å². The van der Waals surface area contributed by atoms with Crippen LogP contribution in [-0.4, -0.2) is 35.9 Å². The van der Waals surface area contributed by atoms with Gasteiger partial charge in [0.2, 0.25) is 5.91 Å². The number of imide groups is 1. The molecule has 1 atom stereocenters. The van der Waals surface area contributed by atoms with E-state index in [4.69, 9.17) is 11.6 Å². The second-order valence-corrected chi connectivity index (χ2v) is 7.36. The van der Waals surface area contributed by atoms with Crippen LogP contribution < -0.4 is 15.4 Å². The van der Waals surface area contributed by atoms with E-state index in [1.54, 1.807) is 12.1 Å². The van der Waals surface area contributed by atoms with Gasteiger partial charge in [-0.3, -0.25) is 14.5 Å². The fraction of sp³-hybridized carbons (Fsp3) is 0.250. The Hall–Kier alpha value is -3.20. The molecule has 1 aliphatic carbocycles. The summed E-state index contributed by atoms with van der Waals surface area (Å²) in [6.07, 6.45) is 1.07. The standard InChI is InChI=1S/C20H16ClF2N3O4/c21-14-9-12(5-6-15(14)30-18(22)23)24-16(27)10-26-17(28)20(25-19(26)29)8-7-11-3-1-2-4-13(11)20/h1-6,9,18H,7-8,10H2,(H,24,27)(H,25,29)/t20-/m1/s1. The van der Waals surface area contributed by atoms with Gasteiger partial charge in [-0.2, -0.15) is 8.78 Å². The average molecular weight is 436 g/mol. The lowest BCUT2D eigenvalue weighted by Crippen LogP contribution is -2.42. The highest BCUT2D eigenvalue weighted by atomic mass is 35.5. The third-order valence-corrected chi connectivity index (χ3v) is 5.45. The number of urea groups is 1. The number of fused-ring (bicyclic) bond motifs is 2. The summed E-state index contributed by atoms with van der Waals surface area (Å²) >= 11 is 5.87. The number of rotatable bonds is 5. The Balaban J connectivity index is 1.46. The number of benzene rings is 2. The zero-order chi connectivity index (χ0) is 21.5. The van der Waals surface area contributed by atoms with Gasteiger partial charge in [-0.15, -0.1) is 0 Å². The van der Waals surface area contributed by atoms with Crippen molar-refractivity contribution in [2.24, 2.45) is 0 Å². The minimum absolute atomic E-state index is 0.121. The first-order valence-electron chi connectivity index (χ1n) is 9.07. The molecule has 0 bridgehead atoms. The number of carbonyl (C=O) groups excluding carboxylic acids is 3. The smallest absolute Gasteiger partial charge is 0.387 e. The second-order valence-electron chi connectivity index (χ2n) is 6.96. The van der Waals surface area contributed by atoms with Crippen molar-refractivity contribution in [1.82, 2.24) is 10.2 Å². The molecule has 1 saturated heterocycles. The number of amides is 4. The number of halogens is 3. The summed E-state index contributed by atoms with van der Waals surface area (Å²) in [5.74, 6) is -1.35. The van der Waals surface area contributed by atoms with E-state index < -0.39 is 36.5 Å². The summed E-state index contributed by atoms with van der Waals surface area (Å²) in [6.45, 7) is -3.53. The SMILES string of the molecule is O=C(CN1C(=O)N[C@@]2(CCc3ccccc32)C1=O)Nc1ccc(OC(F)F)c(Cl)c1. The zero-order valence-corrected chi connectivity index (χ0v) is 16.2. The average Bonchev–Trinajstić information content (AvgIpc) is 3.17. The van der Waals surface area contributed by atoms with Gasteiger partial charge >= 0.3 is 12.6 Å². The molecule has 1 fully saturated rings. The first kappa shape index (κ1) is 20.1. The molecule has 4 rings (SSSR count). The monoisotopic (exact) mass is 435 g/mol. The maximum Gasteiger partial charge on any atom is 0.387 e. The molecular formula is C20H16ClF2N3O4. The third-order valence-electron chi connectivity index (χ3n) is 5.16. The van der Waals surface area contributed by atoms with E-state index in [-0.39, 0.29) is 16.5 Å². The third kappa shape index (κ3) is 3.45. The maximum atomic E-state index is 13.0. The number of hydrogen-bond acceptors (Lipinski definition) is 4. The second kappa shape index (κ2) is 7.56. The molecule has 4 amide bonds. The van der Waals surface area contributed by atoms with Gasteiger partial charge in [0.1, 0.15) is 17.8 Å². The molecule has 10 heteroatoms. The van der Waals surface area contributed by atoms with Crippen LogP contribution in [0.3, 0.4) is 0 Å². The predicted molar refractivity (Wildman–Crippen MR) is 103 cm³/mol. The number of ether oxygens (including phenoxy) is 1. The number of nitrogens with one attached hydrogen (secondary N) is 2. The number of nitrogens with zero attached hydrogens (tertiary/aromatic N) is 1. The van der Waals surface area contributed by atoms with Gasteiger partial charge < -0.3 is 15.4 Å². The van der Waals surface area contributed by atoms with Gasteiger partial charge in [0, 0.05) is 5.69 Å². The van der Waals surface area contributed by atoms with E-state index in [1.807, 2.05) is 12.1 Å². The lowest BCUT2D eigenvalue weighted by atomic mass is 9.92. The van der Waals surface area contributed by atoms with Gasteiger partial charge in [-0.25, -0.2) is 4.79 Å². The number of alkyl halides is 2. The Morgan fingerprint density at radius 2 is 2.03 bits per heavy atom. The van der Waals surface area contributed by atoms with Crippen molar-refractivity contribution in [3.63, 3.8) is 0 Å². The highest BCUT2D eigenvalue weighted by Crippen LogP contribution is 2.41. The van der Waals surface area contributed by atoms with E-state index in [9.17, 15) is 23.2 Å². The van der Waals surface area contributed by atoms with Gasteiger partial charge in [0.05, 0.1) is 5.02 Å². The van der Waals surface area contributed by atoms with Gasteiger partial charge in [-0.1, -0.05) is 35.9 Å². The molecule has 30 heavy (non-hydrogen) atoms. The molecule has 0 saturated carbocycles. The molecule has 7 nitrogen and oxygen atoms in total. The Labute approximate surface area is 174 Å². The Bertz CT molecular complexity index is 1050. The minimum Gasteiger partial charge on any atom is -0.433 e. The summed E-state index contributed by atoms with van der Waals surface area (Å²) in [5, 5.41) is 5.11. The van der Waals surface area contributed by atoms with Crippen molar-refractivity contribution in [1.29, 1.82) is 0 Å². The van der Waals surface area contributed by atoms with Crippen LogP contribution in [0.2, 0.25) is 5.02 Å². The highest BCUT2D eigenvalue weighted by molar-refractivity contribution is 6.32. The van der Waals surface area contributed by atoms with Crippen LogP contribution in [-0.2, 0) is 21.5 Å². The molecule has 1 aliphatic heterocycles. The van der Waals surface area contributed by atoms with E-state index in [0.29, 0.717) is 12.8 Å². The fourth-order valence-electron chi connectivity index (χ4n) is 3.85. The Morgan fingerprint density at radius 1 is 1.27 bits per heavy atom. The summed E-state index contributed by atoms with van der Waals surface area (Å²) in [4.78, 5) is 38.8. The van der Waals surface area contributed by atoms with E-state index in [2.05, 4.69) is 15.4 Å². The van der Waals surface area contributed by atoms with Crippen LogP contribution >= 0.6 is 11.6 Å². The van der Waals surface area contributed by atoms with Crippen molar-refractivity contribution < 1.29 is 27.9 Å². The maximum absolute atomic E-state index is 13.0. The number of aryl methyl sites for hydroxylation is 1. The molecule has 0 aromatic heterocycles. The van der Waals surface area contributed by atoms with Gasteiger partial charge in [-0.05, 0) is 42.2 Å². The molecule has 2 aromatic carbocycles. The number of hydrogen-bond donors (Lipinski definition) is 2. The van der Waals surface area contributed by atoms with Crippen molar-refractivity contribution in [2.75, 3.05) is 11.9 Å². The number of carbonyl (C=O) groups is 3. The summed E-state index contributed by atoms with van der Waals surface area (Å²) in [5.41, 5.74) is 0.788. The Morgan fingerprint density at radius 3 is 2.77 bits per heavy atom.